The maximum atomic E-state index is 13.1. The van der Waals surface area contributed by atoms with E-state index in [9.17, 15) is 4.79 Å². The zero-order chi connectivity index (χ0) is 19.8. The molecule has 2 saturated heterocycles. The quantitative estimate of drug-likeness (QED) is 0.726. The Balaban J connectivity index is 1.25. The molecule has 4 heterocycles. The molecule has 29 heavy (non-hydrogen) atoms. The van der Waals surface area contributed by atoms with Crippen LogP contribution in [0.1, 0.15) is 41.7 Å². The lowest BCUT2D eigenvalue weighted by Gasteiger charge is -2.35. The number of hydrogen-bond acceptors (Lipinski definition) is 4. The van der Waals surface area contributed by atoms with Crippen molar-refractivity contribution < 1.29 is 9.53 Å². The first-order valence-corrected chi connectivity index (χ1v) is 10.3. The van der Waals surface area contributed by atoms with Crippen LogP contribution in [0.5, 0.6) is 5.75 Å². The molecule has 2 aliphatic rings. The molecule has 2 aliphatic heterocycles. The number of hydrogen-bond donors (Lipinski definition) is 1. The van der Waals surface area contributed by atoms with Crippen molar-refractivity contribution in [2.45, 2.75) is 50.4 Å². The Hall–Kier alpha value is -2.86. The maximum Gasteiger partial charge on any atom is 0.253 e. The van der Waals surface area contributed by atoms with Crippen molar-refractivity contribution in [2.75, 3.05) is 7.05 Å². The molecule has 6 nitrogen and oxygen atoms in total. The van der Waals surface area contributed by atoms with Crippen molar-refractivity contribution in [2.24, 2.45) is 0 Å². The largest absolute Gasteiger partial charge is 0.487 e. The number of piperidine rings is 1. The maximum absolute atomic E-state index is 13.1. The zero-order valence-electron chi connectivity index (χ0n) is 16.6. The molecule has 0 aliphatic carbocycles. The lowest BCUT2D eigenvalue weighted by atomic mass is 9.98. The van der Waals surface area contributed by atoms with Crippen LogP contribution in [0.25, 0.3) is 5.65 Å². The highest BCUT2D eigenvalue weighted by Gasteiger charge is 2.36. The zero-order valence-corrected chi connectivity index (χ0v) is 16.6. The minimum Gasteiger partial charge on any atom is -0.487 e. The van der Waals surface area contributed by atoms with Gasteiger partial charge in [0.25, 0.3) is 5.91 Å². The fraction of sp³-hybridized carbons (Fsp3) is 0.391. The molecule has 0 radical (unpaired) electrons. The molecule has 3 aromatic rings. The fourth-order valence-electron chi connectivity index (χ4n) is 4.65. The third-order valence-corrected chi connectivity index (χ3v) is 6.20. The Labute approximate surface area is 170 Å². The molecule has 1 amide bonds. The summed E-state index contributed by atoms with van der Waals surface area (Å²) in [6, 6.07) is 14.8. The molecule has 2 aromatic heterocycles. The lowest BCUT2D eigenvalue weighted by molar-refractivity contribution is 0.0681. The molecular weight excluding hydrogens is 364 g/mol. The summed E-state index contributed by atoms with van der Waals surface area (Å²) < 4.78 is 7.90. The number of benzene rings is 1. The predicted molar refractivity (Wildman–Crippen MR) is 111 cm³/mol. The topological polar surface area (TPSA) is 58.9 Å². The Kier molecular flexibility index (Phi) is 4.72. The van der Waals surface area contributed by atoms with E-state index in [4.69, 9.17) is 4.74 Å². The van der Waals surface area contributed by atoms with E-state index in [2.05, 4.69) is 10.3 Å². The van der Waals surface area contributed by atoms with E-state index in [1.807, 2.05) is 71.2 Å². The third-order valence-electron chi connectivity index (χ3n) is 6.20. The van der Waals surface area contributed by atoms with Gasteiger partial charge >= 0.3 is 0 Å². The van der Waals surface area contributed by atoms with Gasteiger partial charge in [0.15, 0.2) is 0 Å². The van der Waals surface area contributed by atoms with Crippen LogP contribution in [0.4, 0.5) is 0 Å². The van der Waals surface area contributed by atoms with Crippen LogP contribution in [0.3, 0.4) is 0 Å². The SMILES string of the molecule is CN(C(=O)c1cccc(OCc2cn3ccccc3n2)c1)C1CC2CCC(C1)N2. The number of nitrogens with zero attached hydrogens (tertiary/aromatic N) is 3. The van der Waals surface area contributed by atoms with Crippen LogP contribution in [-0.2, 0) is 6.61 Å². The molecule has 0 spiro atoms. The summed E-state index contributed by atoms with van der Waals surface area (Å²) in [4.78, 5) is 19.5. The average Bonchev–Trinajstić information content (AvgIpc) is 3.33. The number of rotatable bonds is 5. The van der Waals surface area contributed by atoms with Crippen LogP contribution in [0.15, 0.2) is 54.9 Å². The third kappa shape index (κ3) is 3.72. The fourth-order valence-corrected chi connectivity index (χ4v) is 4.65. The first-order chi connectivity index (χ1) is 14.2. The van der Waals surface area contributed by atoms with E-state index in [1.165, 1.54) is 12.8 Å². The van der Waals surface area contributed by atoms with E-state index >= 15 is 0 Å². The van der Waals surface area contributed by atoms with Gasteiger partial charge < -0.3 is 19.4 Å². The summed E-state index contributed by atoms with van der Waals surface area (Å²) in [5.41, 5.74) is 2.42. The molecule has 0 saturated carbocycles. The summed E-state index contributed by atoms with van der Waals surface area (Å²) in [7, 11) is 1.93. The van der Waals surface area contributed by atoms with E-state index in [0.717, 1.165) is 24.2 Å². The number of fused-ring (bicyclic) bond motifs is 3. The second-order valence-electron chi connectivity index (χ2n) is 8.19. The summed E-state index contributed by atoms with van der Waals surface area (Å²) in [6.07, 6.45) is 8.48. The first kappa shape index (κ1) is 18.2. The molecule has 2 unspecified atom stereocenters. The van der Waals surface area contributed by atoms with Crippen molar-refractivity contribution in [3.63, 3.8) is 0 Å². The van der Waals surface area contributed by atoms with E-state index < -0.39 is 0 Å². The van der Waals surface area contributed by atoms with Gasteiger partial charge in [0, 0.05) is 43.1 Å². The number of pyridine rings is 1. The van der Waals surface area contributed by atoms with Crippen LogP contribution in [0.2, 0.25) is 0 Å². The Morgan fingerprint density at radius 1 is 1.21 bits per heavy atom. The number of nitrogens with one attached hydrogen (secondary N) is 1. The highest BCUT2D eigenvalue weighted by molar-refractivity contribution is 5.94. The Morgan fingerprint density at radius 2 is 2.03 bits per heavy atom. The molecule has 2 atom stereocenters. The monoisotopic (exact) mass is 390 g/mol. The van der Waals surface area contributed by atoms with Gasteiger partial charge in [-0.25, -0.2) is 4.98 Å². The molecule has 6 heteroatoms. The summed E-state index contributed by atoms with van der Waals surface area (Å²) >= 11 is 0. The highest BCUT2D eigenvalue weighted by atomic mass is 16.5. The number of amides is 1. The lowest BCUT2D eigenvalue weighted by Crippen LogP contribution is -2.48. The second-order valence-corrected chi connectivity index (χ2v) is 8.19. The molecule has 1 N–H and O–H groups in total. The van der Waals surface area contributed by atoms with Gasteiger partial charge in [0.05, 0.1) is 5.69 Å². The summed E-state index contributed by atoms with van der Waals surface area (Å²) in [5, 5.41) is 3.64. The van der Waals surface area contributed by atoms with Gasteiger partial charge in [-0.3, -0.25) is 4.79 Å². The van der Waals surface area contributed by atoms with Gasteiger partial charge in [0.2, 0.25) is 0 Å². The molecule has 5 rings (SSSR count). The summed E-state index contributed by atoms with van der Waals surface area (Å²) in [6.45, 7) is 0.368. The van der Waals surface area contributed by atoms with Crippen molar-refractivity contribution in [1.29, 1.82) is 0 Å². The first-order valence-electron chi connectivity index (χ1n) is 10.3. The number of aromatic nitrogens is 2. The predicted octanol–water partition coefficient (Wildman–Crippen LogP) is 3.27. The molecular formula is C23H26N4O2. The van der Waals surface area contributed by atoms with Crippen molar-refractivity contribution in [3.8, 4) is 5.75 Å². The van der Waals surface area contributed by atoms with E-state index in [0.29, 0.717) is 36.0 Å². The molecule has 150 valence electrons. The average molecular weight is 390 g/mol. The number of imidazole rings is 1. The Bertz CT molecular complexity index is 985. The standard InChI is InChI=1S/C23H26N4O2/c1-26(20-12-17-8-9-18(13-20)24-17)23(28)16-5-4-6-21(11-16)29-15-19-14-27-10-3-2-7-22(27)25-19/h2-7,10-11,14,17-18,20,24H,8-9,12-13,15H2,1H3. The molecule has 2 bridgehead atoms. The van der Waals surface area contributed by atoms with Crippen LogP contribution >= 0.6 is 0 Å². The van der Waals surface area contributed by atoms with Gasteiger partial charge in [-0.2, -0.15) is 0 Å². The number of carbonyl (C=O) groups excluding carboxylic acids is 1. The second kappa shape index (κ2) is 7.52. The van der Waals surface area contributed by atoms with Gasteiger partial charge in [-0.15, -0.1) is 0 Å². The molecule has 1 aromatic carbocycles. The van der Waals surface area contributed by atoms with Gasteiger partial charge in [-0.05, 0) is 56.0 Å². The molecule has 2 fully saturated rings. The van der Waals surface area contributed by atoms with Crippen molar-refractivity contribution >= 4 is 11.6 Å². The highest BCUT2D eigenvalue weighted by Crippen LogP contribution is 2.30. The van der Waals surface area contributed by atoms with Gasteiger partial charge in [-0.1, -0.05) is 12.1 Å². The van der Waals surface area contributed by atoms with Crippen molar-refractivity contribution in [1.82, 2.24) is 19.6 Å². The van der Waals surface area contributed by atoms with E-state index in [1.54, 1.807) is 0 Å². The Morgan fingerprint density at radius 3 is 2.83 bits per heavy atom. The normalized spacial score (nSPS) is 23.3. The smallest absolute Gasteiger partial charge is 0.253 e. The van der Waals surface area contributed by atoms with Crippen LogP contribution in [-0.4, -0.2) is 45.4 Å². The number of ether oxygens (including phenoxy) is 1. The van der Waals surface area contributed by atoms with Crippen LogP contribution < -0.4 is 10.1 Å². The van der Waals surface area contributed by atoms with E-state index in [-0.39, 0.29) is 5.91 Å². The van der Waals surface area contributed by atoms with Crippen molar-refractivity contribution in [3.05, 3.63) is 66.1 Å². The van der Waals surface area contributed by atoms with Gasteiger partial charge in [0.1, 0.15) is 18.0 Å². The minimum atomic E-state index is 0.0643. The minimum absolute atomic E-state index is 0.0643. The summed E-state index contributed by atoms with van der Waals surface area (Å²) in [5.74, 6) is 0.751. The number of carbonyl (C=O) groups is 1. The van der Waals surface area contributed by atoms with Crippen LogP contribution in [0, 0.1) is 0 Å².